The van der Waals surface area contributed by atoms with Crippen LogP contribution in [0.2, 0.25) is 0 Å². The Kier molecular flexibility index (Phi) is 7.93. The summed E-state index contributed by atoms with van der Waals surface area (Å²) in [6.07, 6.45) is 0.521. The Balaban J connectivity index is 1.74. The van der Waals surface area contributed by atoms with Crippen LogP contribution in [0.4, 0.5) is 0 Å². The number of hydrogen-bond donors (Lipinski definition) is 1. The molecule has 2 aromatic carbocycles. The summed E-state index contributed by atoms with van der Waals surface area (Å²) < 4.78 is 31.5. The van der Waals surface area contributed by atoms with Crippen LogP contribution >= 0.6 is 0 Å². The number of hydrogen-bond acceptors (Lipinski definition) is 6. The molecule has 1 aliphatic rings. The molecule has 10 heteroatoms. The Bertz CT molecular complexity index is 1180. The van der Waals surface area contributed by atoms with Crippen LogP contribution in [0.25, 0.3) is 0 Å². The van der Waals surface area contributed by atoms with Crippen LogP contribution in [0.15, 0.2) is 53.4 Å². The third-order valence-corrected chi connectivity index (χ3v) is 7.62. The molecule has 1 atom stereocenters. The predicted molar refractivity (Wildman–Crippen MR) is 126 cm³/mol. The van der Waals surface area contributed by atoms with Crippen molar-refractivity contribution in [2.75, 3.05) is 20.7 Å². The molecule has 0 unspecified atom stereocenters. The number of benzene rings is 2. The first-order chi connectivity index (χ1) is 16.2. The van der Waals surface area contributed by atoms with Gasteiger partial charge < -0.3 is 15.0 Å². The van der Waals surface area contributed by atoms with Crippen molar-refractivity contribution in [3.63, 3.8) is 0 Å². The molecule has 1 heterocycles. The Morgan fingerprint density at radius 3 is 2.53 bits per heavy atom. The van der Waals surface area contributed by atoms with Crippen LogP contribution in [0.5, 0.6) is 5.75 Å². The fraction of sp³-hybridized carbons (Fsp3) is 0.375. The molecule has 0 spiro atoms. The number of fused-ring (bicyclic) bond motifs is 1. The minimum Gasteiger partial charge on any atom is -0.497 e. The molecular formula is C24H29N3O6S. The number of ether oxygens (including phenoxy) is 1. The average Bonchev–Trinajstić information content (AvgIpc) is 3.04. The lowest BCUT2D eigenvalue weighted by molar-refractivity contribution is -0.141. The molecule has 0 aliphatic carbocycles. The number of rotatable bonds is 10. The topological polar surface area (TPSA) is 113 Å². The first-order valence-electron chi connectivity index (χ1n) is 11.0. The number of carbonyl (C=O) groups excluding carboxylic acids is 3. The molecule has 3 amide bonds. The highest BCUT2D eigenvalue weighted by molar-refractivity contribution is 7.90. The first kappa shape index (κ1) is 25.2. The molecule has 0 aromatic heterocycles. The van der Waals surface area contributed by atoms with E-state index in [9.17, 15) is 22.8 Å². The lowest BCUT2D eigenvalue weighted by Gasteiger charge is -2.30. The first-order valence-corrected chi connectivity index (χ1v) is 12.5. The second kappa shape index (κ2) is 10.7. The van der Waals surface area contributed by atoms with Crippen LogP contribution in [-0.2, 0) is 26.2 Å². The van der Waals surface area contributed by atoms with Gasteiger partial charge in [-0.05, 0) is 42.7 Å². The highest BCUT2D eigenvalue weighted by atomic mass is 32.2. The molecule has 3 rings (SSSR count). The van der Waals surface area contributed by atoms with E-state index >= 15 is 0 Å². The summed E-state index contributed by atoms with van der Waals surface area (Å²) in [5.41, 5.74) is 0.932. The van der Waals surface area contributed by atoms with Crippen molar-refractivity contribution in [2.45, 2.75) is 43.7 Å². The maximum atomic E-state index is 13.2. The Morgan fingerprint density at radius 2 is 1.88 bits per heavy atom. The summed E-state index contributed by atoms with van der Waals surface area (Å²) in [7, 11) is -0.864. The van der Waals surface area contributed by atoms with Gasteiger partial charge in [0, 0.05) is 26.6 Å². The quantitative estimate of drug-likeness (QED) is 0.550. The van der Waals surface area contributed by atoms with E-state index in [2.05, 4.69) is 5.32 Å². The average molecular weight is 488 g/mol. The normalized spacial score (nSPS) is 14.9. The van der Waals surface area contributed by atoms with E-state index in [1.807, 2.05) is 13.0 Å². The van der Waals surface area contributed by atoms with Gasteiger partial charge in [-0.1, -0.05) is 31.2 Å². The van der Waals surface area contributed by atoms with E-state index in [0.717, 1.165) is 9.87 Å². The number of sulfonamides is 1. The summed E-state index contributed by atoms with van der Waals surface area (Å²) in [5.74, 6) is -0.547. The monoisotopic (exact) mass is 487 g/mol. The Labute approximate surface area is 199 Å². The van der Waals surface area contributed by atoms with E-state index in [0.29, 0.717) is 12.2 Å². The number of nitrogens with one attached hydrogen (secondary N) is 1. The van der Waals surface area contributed by atoms with Gasteiger partial charge in [-0.25, -0.2) is 12.7 Å². The van der Waals surface area contributed by atoms with Crippen LogP contribution in [0, 0.1) is 0 Å². The van der Waals surface area contributed by atoms with Crippen molar-refractivity contribution in [1.29, 1.82) is 0 Å². The summed E-state index contributed by atoms with van der Waals surface area (Å²) in [4.78, 5) is 39.8. The van der Waals surface area contributed by atoms with Gasteiger partial charge in [0.25, 0.3) is 15.9 Å². The molecule has 2 aromatic rings. The van der Waals surface area contributed by atoms with Crippen molar-refractivity contribution >= 4 is 27.7 Å². The molecule has 1 aliphatic heterocycles. The number of methoxy groups -OCH3 is 1. The standard InChI is InChI=1S/C24H29N3O6S/c1-4-20(23(29)25-2)26(16-17-9-7-10-18(15-17)33-3)22(28)13-8-14-27-24(30)19-11-5-6-12-21(19)34(27,31)32/h5-7,9-12,15,20H,4,8,13-14,16H2,1-3H3,(H,25,29)/t20-/m0/s1. The number of carbonyl (C=O) groups is 3. The third-order valence-electron chi connectivity index (χ3n) is 5.78. The second-order valence-electron chi connectivity index (χ2n) is 7.89. The summed E-state index contributed by atoms with van der Waals surface area (Å²) in [5, 5.41) is 2.60. The van der Waals surface area contributed by atoms with Gasteiger partial charge in [0.05, 0.1) is 12.7 Å². The van der Waals surface area contributed by atoms with Gasteiger partial charge in [-0.15, -0.1) is 0 Å². The van der Waals surface area contributed by atoms with Crippen molar-refractivity contribution in [3.05, 3.63) is 59.7 Å². The highest BCUT2D eigenvalue weighted by Crippen LogP contribution is 2.30. The fourth-order valence-corrected chi connectivity index (χ4v) is 5.63. The van der Waals surface area contributed by atoms with Gasteiger partial charge >= 0.3 is 0 Å². The minimum atomic E-state index is -3.93. The maximum Gasteiger partial charge on any atom is 0.269 e. The number of likely N-dealkylation sites (N-methyl/N-ethyl adjacent to an activating group) is 1. The smallest absolute Gasteiger partial charge is 0.269 e. The van der Waals surface area contributed by atoms with E-state index < -0.39 is 22.0 Å². The number of nitrogens with zero attached hydrogens (tertiary/aromatic N) is 2. The van der Waals surface area contributed by atoms with Gasteiger partial charge in [0.15, 0.2) is 0 Å². The lowest BCUT2D eigenvalue weighted by Crippen LogP contribution is -2.48. The maximum absolute atomic E-state index is 13.2. The molecular weight excluding hydrogens is 458 g/mol. The summed E-state index contributed by atoms with van der Waals surface area (Å²) >= 11 is 0. The van der Waals surface area contributed by atoms with Crippen molar-refractivity contribution < 1.29 is 27.5 Å². The molecule has 0 saturated heterocycles. The summed E-state index contributed by atoms with van der Waals surface area (Å²) in [6.45, 7) is 1.89. The predicted octanol–water partition coefficient (Wildman–Crippen LogP) is 2.17. The molecule has 34 heavy (non-hydrogen) atoms. The van der Waals surface area contributed by atoms with E-state index in [1.54, 1.807) is 37.4 Å². The van der Waals surface area contributed by atoms with Gasteiger partial charge in [-0.3, -0.25) is 14.4 Å². The SMILES string of the molecule is CC[C@@H](C(=O)NC)N(Cc1cccc(OC)c1)C(=O)CCCN1C(=O)c2ccccc2S1(=O)=O. The largest absolute Gasteiger partial charge is 0.497 e. The molecule has 182 valence electrons. The van der Waals surface area contributed by atoms with Gasteiger partial charge in [-0.2, -0.15) is 0 Å². The molecule has 0 fully saturated rings. The third kappa shape index (κ3) is 5.06. The van der Waals surface area contributed by atoms with E-state index in [4.69, 9.17) is 4.74 Å². The van der Waals surface area contributed by atoms with E-state index in [1.165, 1.54) is 24.1 Å². The Morgan fingerprint density at radius 1 is 1.15 bits per heavy atom. The van der Waals surface area contributed by atoms with Crippen molar-refractivity contribution in [3.8, 4) is 5.75 Å². The molecule has 9 nitrogen and oxygen atoms in total. The van der Waals surface area contributed by atoms with Gasteiger partial charge in [0.2, 0.25) is 11.8 Å². The summed E-state index contributed by atoms with van der Waals surface area (Å²) in [6, 6.07) is 12.6. The fourth-order valence-electron chi connectivity index (χ4n) is 4.02. The van der Waals surface area contributed by atoms with Crippen molar-refractivity contribution in [2.24, 2.45) is 0 Å². The zero-order chi connectivity index (χ0) is 24.9. The zero-order valence-corrected chi connectivity index (χ0v) is 20.3. The van der Waals surface area contributed by atoms with E-state index in [-0.39, 0.29) is 48.2 Å². The van der Waals surface area contributed by atoms with Crippen LogP contribution in [0.1, 0.15) is 42.1 Å². The van der Waals surface area contributed by atoms with Crippen molar-refractivity contribution in [1.82, 2.24) is 14.5 Å². The number of amides is 3. The lowest BCUT2D eigenvalue weighted by atomic mass is 10.1. The molecule has 1 N–H and O–H groups in total. The molecule has 0 saturated carbocycles. The molecule has 0 radical (unpaired) electrons. The highest BCUT2D eigenvalue weighted by Gasteiger charge is 2.40. The van der Waals surface area contributed by atoms with Crippen LogP contribution in [0.3, 0.4) is 0 Å². The molecule has 0 bridgehead atoms. The second-order valence-corrected chi connectivity index (χ2v) is 9.72. The Hall–Kier alpha value is -3.40. The van der Waals surface area contributed by atoms with Crippen LogP contribution in [-0.4, -0.2) is 62.1 Å². The zero-order valence-electron chi connectivity index (χ0n) is 19.5. The minimum absolute atomic E-state index is 0.0170. The van der Waals surface area contributed by atoms with Gasteiger partial charge in [0.1, 0.15) is 16.7 Å². The van der Waals surface area contributed by atoms with Crippen LogP contribution < -0.4 is 10.1 Å².